The van der Waals surface area contributed by atoms with Gasteiger partial charge in [0, 0.05) is 0 Å². The first-order valence-electron chi connectivity index (χ1n) is 9.28. The summed E-state index contributed by atoms with van der Waals surface area (Å²) < 4.78 is 19.6. The zero-order valence-electron chi connectivity index (χ0n) is 15.9. The van der Waals surface area contributed by atoms with Crippen molar-refractivity contribution in [2.24, 2.45) is 0 Å². The molecule has 0 saturated heterocycles. The molecule has 4 rings (SSSR count). The first-order valence-corrected chi connectivity index (χ1v) is 9.28. The maximum atomic E-state index is 13.8. The molecule has 0 bridgehead atoms. The van der Waals surface area contributed by atoms with E-state index in [9.17, 15) is 14.3 Å². The lowest BCUT2D eigenvalue weighted by atomic mass is 10.0. The number of hydrogen-bond acceptors (Lipinski definition) is 2. The standard InChI is InChI=1S/C25H19FO3/c1-16-22(21-12-9-18(26)14-24(21)23(16)15-25(27)28)13-17-7-10-20(11-8-17)29-19-5-3-2-4-6-19/h2-14H,15H2,1H3,(H,27,28)/b22-13+. The minimum atomic E-state index is -0.932. The van der Waals surface area contributed by atoms with Gasteiger partial charge in [-0.3, -0.25) is 4.79 Å². The van der Waals surface area contributed by atoms with Gasteiger partial charge in [-0.25, -0.2) is 4.39 Å². The van der Waals surface area contributed by atoms with Crippen molar-refractivity contribution in [3.05, 3.63) is 101 Å². The lowest BCUT2D eigenvalue weighted by Gasteiger charge is -2.07. The second-order valence-corrected chi connectivity index (χ2v) is 6.91. The summed E-state index contributed by atoms with van der Waals surface area (Å²) in [5.41, 5.74) is 4.88. The molecule has 0 fully saturated rings. The summed E-state index contributed by atoms with van der Waals surface area (Å²) in [5, 5.41) is 9.25. The van der Waals surface area contributed by atoms with Crippen LogP contribution >= 0.6 is 0 Å². The molecule has 0 unspecified atom stereocenters. The van der Waals surface area contributed by atoms with Gasteiger partial charge in [0.25, 0.3) is 0 Å². The number of allylic oxidation sites excluding steroid dienone is 2. The van der Waals surface area contributed by atoms with Crippen LogP contribution in [0.3, 0.4) is 0 Å². The van der Waals surface area contributed by atoms with Crippen molar-refractivity contribution in [3.63, 3.8) is 0 Å². The van der Waals surface area contributed by atoms with Crippen LogP contribution in [0.15, 0.2) is 78.4 Å². The molecule has 3 aromatic rings. The maximum Gasteiger partial charge on any atom is 0.307 e. The molecular formula is C25H19FO3. The van der Waals surface area contributed by atoms with Gasteiger partial charge in [0.15, 0.2) is 0 Å². The Labute approximate surface area is 168 Å². The zero-order valence-corrected chi connectivity index (χ0v) is 15.9. The van der Waals surface area contributed by atoms with Crippen molar-refractivity contribution >= 4 is 23.2 Å². The Morgan fingerprint density at radius 3 is 2.34 bits per heavy atom. The van der Waals surface area contributed by atoms with Crippen molar-refractivity contribution in [2.45, 2.75) is 13.3 Å². The van der Waals surface area contributed by atoms with Crippen LogP contribution in [0.5, 0.6) is 11.5 Å². The van der Waals surface area contributed by atoms with E-state index >= 15 is 0 Å². The first-order chi connectivity index (χ1) is 14.0. The molecule has 0 saturated carbocycles. The van der Waals surface area contributed by atoms with Crippen LogP contribution in [0.4, 0.5) is 4.39 Å². The number of hydrogen-bond donors (Lipinski definition) is 1. The van der Waals surface area contributed by atoms with Gasteiger partial charge in [-0.2, -0.15) is 0 Å². The molecule has 0 aliphatic heterocycles. The van der Waals surface area contributed by atoms with Crippen molar-refractivity contribution in [2.75, 3.05) is 0 Å². The Morgan fingerprint density at radius 2 is 1.66 bits per heavy atom. The van der Waals surface area contributed by atoms with E-state index in [0.29, 0.717) is 11.1 Å². The van der Waals surface area contributed by atoms with E-state index < -0.39 is 5.97 Å². The molecule has 144 valence electrons. The number of para-hydroxylation sites is 1. The number of aliphatic carboxylic acids is 1. The molecule has 4 heteroatoms. The average Bonchev–Trinajstić information content (AvgIpc) is 2.95. The van der Waals surface area contributed by atoms with Crippen LogP contribution in [-0.2, 0) is 4.79 Å². The van der Waals surface area contributed by atoms with Gasteiger partial charge < -0.3 is 9.84 Å². The first kappa shape index (κ1) is 18.7. The Hall–Kier alpha value is -3.66. The summed E-state index contributed by atoms with van der Waals surface area (Å²) in [6.07, 6.45) is 1.86. The SMILES string of the molecule is CC1=C(CC(=O)O)c2cc(F)ccc2/C1=C/c1ccc(Oc2ccccc2)cc1. The maximum absolute atomic E-state index is 13.8. The number of halogens is 1. The number of carbonyl (C=O) groups is 1. The van der Waals surface area contributed by atoms with E-state index in [1.54, 1.807) is 6.07 Å². The average molecular weight is 386 g/mol. The summed E-state index contributed by atoms with van der Waals surface area (Å²) in [4.78, 5) is 11.3. The van der Waals surface area contributed by atoms with Crippen molar-refractivity contribution in [3.8, 4) is 11.5 Å². The summed E-state index contributed by atoms with van der Waals surface area (Å²) in [5.74, 6) is 0.190. The number of rotatable bonds is 5. The lowest BCUT2D eigenvalue weighted by Crippen LogP contribution is -1.97. The molecule has 0 spiro atoms. The van der Waals surface area contributed by atoms with Gasteiger partial charge in [-0.05, 0) is 82.8 Å². The normalized spacial score (nSPS) is 14.2. The molecule has 0 aromatic heterocycles. The van der Waals surface area contributed by atoms with Gasteiger partial charge in [-0.1, -0.05) is 36.4 Å². The predicted octanol–water partition coefficient (Wildman–Crippen LogP) is 6.42. The fraction of sp³-hybridized carbons (Fsp3) is 0.0800. The van der Waals surface area contributed by atoms with Crippen LogP contribution in [0.25, 0.3) is 17.2 Å². The fourth-order valence-electron chi connectivity index (χ4n) is 3.56. The van der Waals surface area contributed by atoms with Crippen LogP contribution < -0.4 is 4.74 Å². The quantitative estimate of drug-likeness (QED) is 0.550. The second-order valence-electron chi connectivity index (χ2n) is 6.91. The Balaban J connectivity index is 1.67. The number of benzene rings is 3. The minimum Gasteiger partial charge on any atom is -0.481 e. The molecule has 1 aliphatic carbocycles. The third-order valence-corrected chi connectivity index (χ3v) is 4.95. The van der Waals surface area contributed by atoms with E-state index in [1.807, 2.05) is 67.6 Å². The van der Waals surface area contributed by atoms with Crippen LogP contribution in [-0.4, -0.2) is 11.1 Å². The number of ether oxygens (including phenoxy) is 1. The zero-order chi connectivity index (χ0) is 20.4. The summed E-state index contributed by atoms with van der Waals surface area (Å²) in [6.45, 7) is 1.88. The van der Waals surface area contributed by atoms with Gasteiger partial charge in [0.1, 0.15) is 17.3 Å². The predicted molar refractivity (Wildman–Crippen MR) is 112 cm³/mol. The highest BCUT2D eigenvalue weighted by Crippen LogP contribution is 2.43. The molecule has 0 amide bonds. The highest BCUT2D eigenvalue weighted by atomic mass is 19.1. The minimum absolute atomic E-state index is 0.135. The third kappa shape index (κ3) is 3.97. The van der Waals surface area contributed by atoms with Crippen molar-refractivity contribution in [1.82, 2.24) is 0 Å². The smallest absolute Gasteiger partial charge is 0.307 e. The molecular weight excluding hydrogens is 367 g/mol. The lowest BCUT2D eigenvalue weighted by molar-refractivity contribution is -0.135. The topological polar surface area (TPSA) is 46.5 Å². The van der Waals surface area contributed by atoms with Gasteiger partial charge in [-0.15, -0.1) is 0 Å². The number of fused-ring (bicyclic) bond motifs is 1. The molecule has 29 heavy (non-hydrogen) atoms. The van der Waals surface area contributed by atoms with Gasteiger partial charge in [0.2, 0.25) is 0 Å². The molecule has 0 radical (unpaired) electrons. The Kier molecular flexibility index (Phi) is 5.00. The number of carboxylic acid groups (broad SMARTS) is 1. The van der Waals surface area contributed by atoms with Crippen molar-refractivity contribution < 1.29 is 19.0 Å². The molecule has 0 atom stereocenters. The van der Waals surface area contributed by atoms with Crippen LogP contribution in [0, 0.1) is 5.82 Å². The van der Waals surface area contributed by atoms with Crippen LogP contribution in [0.2, 0.25) is 0 Å². The summed E-state index contributed by atoms with van der Waals surface area (Å²) >= 11 is 0. The highest BCUT2D eigenvalue weighted by molar-refractivity contribution is 6.07. The van der Waals surface area contributed by atoms with Gasteiger partial charge in [0.05, 0.1) is 6.42 Å². The van der Waals surface area contributed by atoms with E-state index in [-0.39, 0.29) is 12.2 Å². The summed E-state index contributed by atoms with van der Waals surface area (Å²) in [6, 6.07) is 21.7. The monoisotopic (exact) mass is 386 g/mol. The van der Waals surface area contributed by atoms with Crippen molar-refractivity contribution in [1.29, 1.82) is 0 Å². The van der Waals surface area contributed by atoms with Crippen LogP contribution in [0.1, 0.15) is 30.0 Å². The van der Waals surface area contributed by atoms with E-state index in [4.69, 9.17) is 4.74 Å². The van der Waals surface area contributed by atoms with E-state index in [1.165, 1.54) is 12.1 Å². The highest BCUT2D eigenvalue weighted by Gasteiger charge is 2.25. The largest absolute Gasteiger partial charge is 0.481 e. The Bertz CT molecular complexity index is 1130. The molecule has 1 N–H and O–H groups in total. The molecule has 3 nitrogen and oxygen atoms in total. The molecule has 3 aromatic carbocycles. The van der Waals surface area contributed by atoms with E-state index in [0.717, 1.165) is 33.8 Å². The fourth-order valence-corrected chi connectivity index (χ4v) is 3.56. The van der Waals surface area contributed by atoms with Gasteiger partial charge >= 0.3 is 5.97 Å². The Morgan fingerprint density at radius 1 is 0.966 bits per heavy atom. The second kappa shape index (κ2) is 7.76. The number of carboxylic acids is 1. The molecule has 0 heterocycles. The molecule has 1 aliphatic rings. The third-order valence-electron chi connectivity index (χ3n) is 4.95. The summed E-state index contributed by atoms with van der Waals surface area (Å²) in [7, 11) is 0. The van der Waals surface area contributed by atoms with E-state index in [2.05, 4.69) is 0 Å².